The molecule has 0 aromatic rings. The van der Waals surface area contributed by atoms with E-state index < -0.39 is 42.1 Å². The highest BCUT2D eigenvalue weighted by molar-refractivity contribution is 7.75. The van der Waals surface area contributed by atoms with E-state index in [0.717, 1.165) is 0 Å². The molecule has 6 unspecified atom stereocenters. The minimum Gasteiger partial charge on any atom is -0.394 e. The fourth-order valence-electron chi connectivity index (χ4n) is 1.77. The Hall–Kier alpha value is -0.350. The van der Waals surface area contributed by atoms with Gasteiger partial charge in [-0.05, 0) is 0 Å². The highest BCUT2D eigenvalue weighted by Gasteiger charge is 2.52. The van der Waals surface area contributed by atoms with Crippen molar-refractivity contribution < 1.29 is 32.3 Å². The molecule has 8 heteroatoms. The second-order valence-corrected chi connectivity index (χ2v) is 4.46. The molecule has 98 valence electrons. The van der Waals surface area contributed by atoms with Crippen molar-refractivity contribution >= 4 is 11.4 Å². The first-order chi connectivity index (χ1) is 8.17. The van der Waals surface area contributed by atoms with Crippen molar-refractivity contribution in [1.82, 2.24) is 0 Å². The highest BCUT2D eigenvalue weighted by Crippen LogP contribution is 2.32. The molecule has 6 atom stereocenters. The van der Waals surface area contributed by atoms with Crippen LogP contribution in [0, 0.1) is 0 Å². The normalized spacial score (nSPS) is 45.5. The van der Waals surface area contributed by atoms with Gasteiger partial charge in [-0.2, -0.15) is 4.21 Å². The van der Waals surface area contributed by atoms with Crippen LogP contribution in [0.25, 0.3) is 0 Å². The van der Waals surface area contributed by atoms with E-state index in [1.165, 1.54) is 6.08 Å². The Kier molecular flexibility index (Phi) is 4.26. The third-order valence-corrected chi connectivity index (χ3v) is 3.31. The molecule has 17 heavy (non-hydrogen) atoms. The molecular weight excluding hydrogens is 252 g/mol. The van der Waals surface area contributed by atoms with Gasteiger partial charge in [0.05, 0.1) is 13.2 Å². The van der Waals surface area contributed by atoms with Crippen LogP contribution in [-0.4, -0.2) is 58.3 Å². The van der Waals surface area contributed by atoms with Crippen LogP contribution in [0.5, 0.6) is 0 Å². The summed E-state index contributed by atoms with van der Waals surface area (Å²) in [5.74, 6) is 0. The van der Waals surface area contributed by atoms with Gasteiger partial charge in [0.1, 0.15) is 24.4 Å². The van der Waals surface area contributed by atoms with Gasteiger partial charge in [-0.1, -0.05) is 6.08 Å². The van der Waals surface area contributed by atoms with Gasteiger partial charge >= 0.3 is 11.4 Å². The zero-order chi connectivity index (χ0) is 12.4. The first kappa shape index (κ1) is 13.1. The number of ether oxygens (including phenoxy) is 2. The van der Waals surface area contributed by atoms with Crippen LogP contribution in [-0.2, 0) is 29.2 Å². The standard InChI is InChI=1S/C9H14O7S/c1-2-3-13-9-6(11)8-7(5(4-10)14-9)15-17(12)16-8/h2,5-11H,1,3-4H2. The van der Waals surface area contributed by atoms with Gasteiger partial charge in [0.25, 0.3) is 0 Å². The number of fused-ring (bicyclic) bond motifs is 1. The van der Waals surface area contributed by atoms with Crippen molar-refractivity contribution in [3.8, 4) is 0 Å². The van der Waals surface area contributed by atoms with Crippen molar-refractivity contribution in [2.45, 2.75) is 30.7 Å². The van der Waals surface area contributed by atoms with E-state index in [1.54, 1.807) is 0 Å². The van der Waals surface area contributed by atoms with Crippen LogP contribution >= 0.6 is 0 Å². The Morgan fingerprint density at radius 3 is 2.76 bits per heavy atom. The summed E-state index contributed by atoms with van der Waals surface area (Å²) < 4.78 is 31.4. The third kappa shape index (κ3) is 2.58. The van der Waals surface area contributed by atoms with Crippen molar-refractivity contribution in [1.29, 1.82) is 0 Å². The number of aliphatic hydroxyl groups is 2. The van der Waals surface area contributed by atoms with E-state index in [9.17, 15) is 9.32 Å². The molecule has 2 fully saturated rings. The maximum Gasteiger partial charge on any atom is 0.305 e. The lowest BCUT2D eigenvalue weighted by atomic mass is 9.99. The summed E-state index contributed by atoms with van der Waals surface area (Å²) in [6.45, 7) is 3.31. The summed E-state index contributed by atoms with van der Waals surface area (Å²) in [7, 11) is 0. The lowest BCUT2D eigenvalue weighted by molar-refractivity contribution is -0.279. The van der Waals surface area contributed by atoms with Crippen LogP contribution in [0.2, 0.25) is 0 Å². The summed E-state index contributed by atoms with van der Waals surface area (Å²) in [6.07, 6.45) is -2.94. The van der Waals surface area contributed by atoms with E-state index in [-0.39, 0.29) is 13.2 Å². The largest absolute Gasteiger partial charge is 0.394 e. The van der Waals surface area contributed by atoms with Crippen molar-refractivity contribution in [2.24, 2.45) is 0 Å². The van der Waals surface area contributed by atoms with E-state index in [0.29, 0.717) is 0 Å². The van der Waals surface area contributed by atoms with Crippen molar-refractivity contribution in [2.75, 3.05) is 13.2 Å². The molecule has 2 heterocycles. The molecule has 7 nitrogen and oxygen atoms in total. The van der Waals surface area contributed by atoms with Gasteiger partial charge < -0.3 is 19.7 Å². The lowest BCUT2D eigenvalue weighted by Crippen LogP contribution is -2.57. The van der Waals surface area contributed by atoms with Gasteiger partial charge in [-0.25, -0.2) is 0 Å². The topological polar surface area (TPSA) is 94.5 Å². The molecule has 0 aliphatic carbocycles. The van der Waals surface area contributed by atoms with E-state index in [1.807, 2.05) is 0 Å². The zero-order valence-electron chi connectivity index (χ0n) is 8.93. The van der Waals surface area contributed by atoms with Crippen LogP contribution < -0.4 is 0 Å². The zero-order valence-corrected chi connectivity index (χ0v) is 9.75. The van der Waals surface area contributed by atoms with E-state index in [2.05, 4.69) is 6.58 Å². The Bertz CT molecular complexity index is 310. The van der Waals surface area contributed by atoms with E-state index >= 15 is 0 Å². The molecule has 2 saturated heterocycles. The monoisotopic (exact) mass is 266 g/mol. The van der Waals surface area contributed by atoms with Gasteiger partial charge in [0.2, 0.25) is 0 Å². The smallest absolute Gasteiger partial charge is 0.305 e. The fraction of sp³-hybridized carbons (Fsp3) is 0.778. The molecular formula is C9H14O7S. The average Bonchev–Trinajstić information content (AvgIpc) is 2.71. The minimum absolute atomic E-state index is 0.182. The fourth-order valence-corrected chi connectivity index (χ4v) is 2.64. The van der Waals surface area contributed by atoms with Gasteiger partial charge in [-0.3, -0.25) is 8.37 Å². The quantitative estimate of drug-likeness (QED) is 0.606. The molecule has 0 bridgehead atoms. The third-order valence-electron chi connectivity index (χ3n) is 2.55. The van der Waals surface area contributed by atoms with Gasteiger partial charge in [0.15, 0.2) is 6.29 Å². The molecule has 0 aromatic heterocycles. The van der Waals surface area contributed by atoms with Crippen molar-refractivity contribution in [3.63, 3.8) is 0 Å². The van der Waals surface area contributed by atoms with Crippen LogP contribution in [0.15, 0.2) is 12.7 Å². The molecule has 0 amide bonds. The van der Waals surface area contributed by atoms with Gasteiger partial charge in [0, 0.05) is 0 Å². The molecule has 0 aromatic carbocycles. The van der Waals surface area contributed by atoms with Crippen molar-refractivity contribution in [3.05, 3.63) is 12.7 Å². The highest BCUT2D eigenvalue weighted by atomic mass is 32.2. The SMILES string of the molecule is C=CCOC1OC(CO)C2OS(=O)OC2C1O. The Morgan fingerprint density at radius 1 is 1.41 bits per heavy atom. The predicted molar refractivity (Wildman–Crippen MR) is 55.8 cm³/mol. The Balaban J connectivity index is 2.08. The Labute approximate surface area is 101 Å². The van der Waals surface area contributed by atoms with Gasteiger partial charge in [-0.15, -0.1) is 6.58 Å². The first-order valence-corrected chi connectivity index (χ1v) is 6.10. The molecule has 2 aliphatic heterocycles. The van der Waals surface area contributed by atoms with Crippen LogP contribution in [0.3, 0.4) is 0 Å². The first-order valence-electron chi connectivity index (χ1n) is 5.10. The molecule has 2 rings (SSSR count). The van der Waals surface area contributed by atoms with Crippen LogP contribution in [0.1, 0.15) is 0 Å². The van der Waals surface area contributed by atoms with E-state index in [4.69, 9.17) is 22.9 Å². The summed E-state index contributed by atoms with van der Waals surface area (Å²) >= 11 is -1.93. The molecule has 0 spiro atoms. The molecule has 0 saturated carbocycles. The molecule has 2 N–H and O–H groups in total. The summed E-state index contributed by atoms with van der Waals surface area (Å²) in [4.78, 5) is 0. The second kappa shape index (κ2) is 5.53. The number of hydrogen-bond donors (Lipinski definition) is 2. The summed E-state index contributed by atoms with van der Waals surface area (Å²) in [5.41, 5.74) is 0. The van der Waals surface area contributed by atoms with Crippen LogP contribution in [0.4, 0.5) is 0 Å². The maximum atomic E-state index is 11.1. The summed E-state index contributed by atoms with van der Waals surface area (Å²) in [5, 5.41) is 19.0. The minimum atomic E-state index is -1.93. The average molecular weight is 266 g/mol. The second-order valence-electron chi connectivity index (χ2n) is 3.66. The number of hydrogen-bond acceptors (Lipinski definition) is 7. The molecule has 0 radical (unpaired) electrons. The maximum absolute atomic E-state index is 11.1. The number of rotatable bonds is 4. The summed E-state index contributed by atoms with van der Waals surface area (Å²) in [6, 6.07) is 0. The lowest BCUT2D eigenvalue weighted by Gasteiger charge is -2.37. The Morgan fingerprint density at radius 2 is 2.12 bits per heavy atom. The number of aliphatic hydroxyl groups excluding tert-OH is 2. The molecule has 2 aliphatic rings. The predicted octanol–water partition coefficient (Wildman–Crippen LogP) is -1.37.